The van der Waals surface area contributed by atoms with Crippen LogP contribution in [0.5, 0.6) is 5.75 Å². The van der Waals surface area contributed by atoms with Gasteiger partial charge in [0.2, 0.25) is 5.91 Å². The van der Waals surface area contributed by atoms with Crippen molar-refractivity contribution in [3.8, 4) is 28.1 Å². The first-order valence-electron chi connectivity index (χ1n) is 23.4. The fraction of sp³-hybridized carbons (Fsp3) is 0.500. The van der Waals surface area contributed by atoms with Crippen molar-refractivity contribution in [1.82, 2.24) is 28.3 Å². The first-order chi connectivity index (χ1) is 31.5. The summed E-state index contributed by atoms with van der Waals surface area (Å²) in [5, 5.41) is 17.1. The van der Waals surface area contributed by atoms with Crippen LogP contribution < -0.4 is 8.96 Å². The first-order valence-corrected chi connectivity index (χ1v) is 27.1. The quantitative estimate of drug-likeness (QED) is 0.0423. The van der Waals surface area contributed by atoms with Crippen molar-refractivity contribution in [2.75, 3.05) is 58.0 Å². The molecule has 4 aromatic rings. The Balaban J connectivity index is 1.29. The molecule has 3 aliphatic rings. The fourth-order valence-electron chi connectivity index (χ4n) is 10.2. The Hall–Kier alpha value is -4.77. The molecular formula is C52H69IN6O7. The molecule has 0 unspecified atom stereocenters. The number of methoxy groups -OCH3 is 1. The second-order valence-corrected chi connectivity index (χ2v) is 24.0. The molecule has 66 heavy (non-hydrogen) atoms. The summed E-state index contributed by atoms with van der Waals surface area (Å²) >= 11 is -2.72. The zero-order valence-corrected chi connectivity index (χ0v) is 42.2. The van der Waals surface area contributed by atoms with Crippen LogP contribution in [-0.2, 0) is 49.7 Å². The predicted octanol–water partition coefficient (Wildman–Crippen LogP) is 8.03. The van der Waals surface area contributed by atoms with Gasteiger partial charge in [-0.15, -0.1) is 0 Å². The second kappa shape index (κ2) is 21.0. The number of nitrogens with one attached hydrogen (secondary N) is 2. The summed E-state index contributed by atoms with van der Waals surface area (Å²) < 4.78 is 17.8. The number of benzene rings is 3. The molecule has 0 spiro atoms. The number of ether oxygens (including phenoxy) is 2. The van der Waals surface area contributed by atoms with Gasteiger partial charge in [-0.1, -0.05) is 6.58 Å². The van der Waals surface area contributed by atoms with Gasteiger partial charge in [-0.3, -0.25) is 4.79 Å². The van der Waals surface area contributed by atoms with E-state index in [2.05, 4.69) is 90.3 Å². The zero-order valence-electron chi connectivity index (χ0n) is 40.0. The topological polar surface area (TPSA) is 146 Å². The number of aromatic hydroxyl groups is 1. The van der Waals surface area contributed by atoms with Gasteiger partial charge in [0.1, 0.15) is 0 Å². The van der Waals surface area contributed by atoms with Crippen LogP contribution in [0.1, 0.15) is 64.7 Å². The number of aryl methyl sites for hydroxylation is 1. The molecule has 3 aromatic carbocycles. The van der Waals surface area contributed by atoms with Crippen LogP contribution >= 0.6 is 20.1 Å². The first kappa shape index (κ1) is 49.1. The number of carbonyl (C=O) groups is 4. The van der Waals surface area contributed by atoms with E-state index in [1.807, 2.05) is 36.8 Å². The summed E-state index contributed by atoms with van der Waals surface area (Å²) in [5.41, 5.74) is 7.60. The number of alkyl halides is 1. The van der Waals surface area contributed by atoms with Crippen LogP contribution in [-0.4, -0.2) is 116 Å². The number of aromatic nitrogens is 1. The molecule has 7 rings (SSSR count). The molecular weight excluding hydrogens is 948 g/mol. The van der Waals surface area contributed by atoms with Gasteiger partial charge in [0.15, 0.2) is 0 Å². The average molecular weight is 1020 g/mol. The maximum atomic E-state index is 14.8. The zero-order chi connectivity index (χ0) is 47.4. The number of hydrazine groups is 1. The molecule has 4 atom stereocenters. The molecule has 1 aromatic heterocycles. The summed E-state index contributed by atoms with van der Waals surface area (Å²) in [6, 6.07) is 18.7. The standard InChI is InChI=1S/C52H69IN6O7/c1-10-46(61)57-29-34(5)39(31-57)30-56(8)47(33(3)4)49(62)54-44-25-35-23-38(26-40(60)24-35)37-17-18-45-42(27-37)43(48(58(45)11-2)41-16-13-12-15-36(41)19-22-65-9)28-52(6,7)32-66-51(64)53-20-14-21-59(55-53)50(44)63/h10,12-13,15-18,23-24,26-27,33-34,39,44,47,55,60H,1,11,14,19-22,25,28-32H2,2-9H3,(H,54,62)/t34-,39+,44-,47-/m0/s1. The molecule has 3 amide bonds. The minimum atomic E-state index is -2.72. The summed E-state index contributed by atoms with van der Waals surface area (Å²) in [5.74, 6) is -0.388. The average Bonchev–Trinajstić information content (AvgIpc) is 3.81. The number of amides is 3. The summed E-state index contributed by atoms with van der Waals surface area (Å²) in [7, 11) is 3.65. The molecule has 14 heteroatoms. The van der Waals surface area contributed by atoms with Crippen molar-refractivity contribution in [1.29, 1.82) is 0 Å². The number of likely N-dealkylation sites (tertiary alicyclic amines) is 1. The Morgan fingerprint density at radius 3 is 2.61 bits per heavy atom. The third kappa shape index (κ3) is 10.8. The Morgan fingerprint density at radius 2 is 1.88 bits per heavy atom. The van der Waals surface area contributed by atoms with E-state index in [0.29, 0.717) is 55.6 Å². The number of carbonyl (C=O) groups excluding carboxylic acids is 4. The predicted molar refractivity (Wildman–Crippen MR) is 269 cm³/mol. The summed E-state index contributed by atoms with van der Waals surface area (Å²) in [6.07, 6.45) is 3.46. The SMILES string of the molecule is C=CC(=O)N1C[C@@H](CN(C)[C@H](C(=O)N[C@H]2Cc3cc(O)cc(c3)-c3ccc4c(c3)c(c(-c3ccccc3CCOC)n4CC)CC(C)(C)COC(=O)I3CCCN(N3)C2=O)C(C)C)[C@@H](C)C1. The van der Waals surface area contributed by atoms with Gasteiger partial charge in [0, 0.05) is 7.11 Å². The van der Waals surface area contributed by atoms with Crippen molar-refractivity contribution >= 4 is 52.7 Å². The Kier molecular flexibility index (Phi) is 15.7. The van der Waals surface area contributed by atoms with E-state index in [0.717, 1.165) is 51.8 Å². The second-order valence-electron chi connectivity index (χ2n) is 19.5. The number of halogens is 1. The van der Waals surface area contributed by atoms with E-state index >= 15 is 0 Å². The molecule has 356 valence electrons. The van der Waals surface area contributed by atoms with E-state index in [9.17, 15) is 24.3 Å². The van der Waals surface area contributed by atoms with Crippen LogP contribution in [0, 0.1) is 23.2 Å². The molecule has 13 nitrogen and oxygen atoms in total. The fourth-order valence-corrected chi connectivity index (χ4v) is 13.9. The molecule has 2 saturated heterocycles. The van der Waals surface area contributed by atoms with Crippen molar-refractivity contribution < 1.29 is 33.8 Å². The number of hydrogen-bond donors (Lipinski definition) is 3. The Bertz CT molecular complexity index is 2450. The molecule has 3 aliphatic heterocycles. The maximum absolute atomic E-state index is 14.8. The Morgan fingerprint density at radius 1 is 1.11 bits per heavy atom. The molecule has 2 fully saturated rings. The molecule has 4 heterocycles. The van der Waals surface area contributed by atoms with E-state index in [4.69, 9.17) is 9.47 Å². The van der Waals surface area contributed by atoms with Gasteiger partial charge >= 0.3 is 369 Å². The number of nitrogens with zero attached hydrogens (tertiary/aromatic N) is 4. The number of rotatable bonds is 12. The van der Waals surface area contributed by atoms with Crippen LogP contribution in [0.2, 0.25) is 0 Å². The third-order valence-electron chi connectivity index (χ3n) is 13.4. The van der Waals surface area contributed by atoms with Gasteiger partial charge in [-0.2, -0.15) is 0 Å². The van der Waals surface area contributed by atoms with Gasteiger partial charge in [0.25, 0.3) is 0 Å². The summed E-state index contributed by atoms with van der Waals surface area (Å²) in [6.45, 7) is 19.9. The number of cyclic esters (lactones) is 1. The van der Waals surface area contributed by atoms with E-state index in [1.54, 1.807) is 19.2 Å². The Labute approximate surface area is 398 Å². The monoisotopic (exact) mass is 1020 g/mol. The van der Waals surface area contributed by atoms with Gasteiger partial charge in [-0.05, 0) is 6.08 Å². The molecule has 0 aliphatic carbocycles. The number of fused-ring (bicyclic) bond motifs is 6. The van der Waals surface area contributed by atoms with Crippen molar-refractivity contribution in [3.63, 3.8) is 0 Å². The van der Waals surface area contributed by atoms with E-state index < -0.39 is 37.6 Å². The minimum absolute atomic E-state index is 0.0523. The van der Waals surface area contributed by atoms with Crippen LogP contribution in [0.25, 0.3) is 33.3 Å². The molecule has 0 radical (unpaired) electrons. The molecule has 0 saturated carbocycles. The number of phenolic OH excluding ortho intramolecular Hbond substituents is 1. The molecule has 6 bridgehead atoms. The normalized spacial score (nSPS) is 21.2. The van der Waals surface area contributed by atoms with Crippen molar-refractivity contribution in [2.24, 2.45) is 23.2 Å². The van der Waals surface area contributed by atoms with Gasteiger partial charge in [0.05, 0.1) is 0 Å². The van der Waals surface area contributed by atoms with E-state index in [1.165, 1.54) is 16.6 Å². The van der Waals surface area contributed by atoms with Crippen LogP contribution in [0.4, 0.5) is 4.79 Å². The van der Waals surface area contributed by atoms with Crippen molar-refractivity contribution in [3.05, 3.63) is 90.0 Å². The summed E-state index contributed by atoms with van der Waals surface area (Å²) in [4.78, 5) is 59.7. The van der Waals surface area contributed by atoms with Crippen LogP contribution in [0.15, 0.2) is 73.3 Å². The number of phenols is 1. The third-order valence-corrected chi connectivity index (χ3v) is 17.8. The van der Waals surface area contributed by atoms with Gasteiger partial charge < -0.3 is 0 Å². The number of hydrogen-bond acceptors (Lipinski definition) is 9. The molecule has 3 N–H and O–H groups in total. The van der Waals surface area contributed by atoms with E-state index in [-0.39, 0.29) is 58.2 Å². The number of likely N-dealkylation sites (N-methyl/N-ethyl adjacent to an activating group) is 1. The van der Waals surface area contributed by atoms with Gasteiger partial charge in [-0.25, -0.2) is 0 Å². The van der Waals surface area contributed by atoms with Crippen LogP contribution in [0.3, 0.4) is 0 Å². The van der Waals surface area contributed by atoms with Crippen molar-refractivity contribution in [2.45, 2.75) is 85.9 Å².